The molecule has 1 saturated heterocycles. The molecule has 3 aromatic rings. The number of piperidine rings is 1. The highest BCUT2D eigenvalue weighted by atomic mass is 16.5. The maximum absolute atomic E-state index is 13.4. The summed E-state index contributed by atoms with van der Waals surface area (Å²) >= 11 is 0. The fraction of sp³-hybridized carbons (Fsp3) is 0.346. The Morgan fingerprint density at radius 2 is 1.91 bits per heavy atom. The topological polar surface area (TPSA) is 75.9 Å². The van der Waals surface area contributed by atoms with Gasteiger partial charge in [-0.15, -0.1) is 0 Å². The Morgan fingerprint density at radius 1 is 1.12 bits per heavy atom. The lowest BCUT2D eigenvalue weighted by Gasteiger charge is -2.42. The number of methoxy groups -OCH3 is 1. The first kappa shape index (κ1) is 22.6. The van der Waals surface area contributed by atoms with Crippen molar-refractivity contribution in [2.24, 2.45) is 5.41 Å². The zero-order chi connectivity index (χ0) is 23.4. The van der Waals surface area contributed by atoms with E-state index in [1.165, 1.54) is 0 Å². The Hall–Kier alpha value is -3.61. The molecule has 0 saturated carbocycles. The van der Waals surface area contributed by atoms with Crippen LogP contribution in [0.25, 0.3) is 11.3 Å². The molecule has 33 heavy (non-hydrogen) atoms. The third-order valence-electron chi connectivity index (χ3n) is 6.18. The fourth-order valence-corrected chi connectivity index (χ4v) is 4.59. The second-order valence-corrected chi connectivity index (χ2v) is 8.76. The standard InChI is InChI=1S/C26H29N3O4/c1-28(2)25(31)26(17-22-16-23(27-33-22)19-9-5-4-6-10-19)13-8-14-29(18-26)24(30)20-11-7-12-21(15-20)32-3/h4-7,9-12,15-16H,8,13-14,17-18H2,1-3H3/t26-/m1/s1. The summed E-state index contributed by atoms with van der Waals surface area (Å²) in [5.41, 5.74) is 1.47. The molecule has 0 N–H and O–H groups in total. The summed E-state index contributed by atoms with van der Waals surface area (Å²) < 4.78 is 10.9. The summed E-state index contributed by atoms with van der Waals surface area (Å²) in [6.07, 6.45) is 1.79. The van der Waals surface area contributed by atoms with Crippen molar-refractivity contribution in [3.63, 3.8) is 0 Å². The molecule has 1 aromatic heterocycles. The lowest BCUT2D eigenvalue weighted by Crippen LogP contribution is -2.54. The molecule has 1 aliphatic rings. The van der Waals surface area contributed by atoms with Gasteiger partial charge in [0.05, 0.1) is 12.5 Å². The van der Waals surface area contributed by atoms with Crippen LogP contribution in [0.5, 0.6) is 5.75 Å². The van der Waals surface area contributed by atoms with Crippen LogP contribution in [0.3, 0.4) is 0 Å². The quantitative estimate of drug-likeness (QED) is 0.573. The number of carbonyl (C=O) groups excluding carboxylic acids is 2. The molecule has 1 aliphatic heterocycles. The summed E-state index contributed by atoms with van der Waals surface area (Å²) in [4.78, 5) is 30.1. The maximum Gasteiger partial charge on any atom is 0.254 e. The number of benzene rings is 2. The van der Waals surface area contributed by atoms with Gasteiger partial charge >= 0.3 is 0 Å². The molecule has 0 radical (unpaired) electrons. The Kier molecular flexibility index (Phi) is 6.49. The number of hydrogen-bond donors (Lipinski definition) is 0. The molecule has 2 aromatic carbocycles. The number of nitrogens with zero attached hydrogens (tertiary/aromatic N) is 3. The Bertz CT molecular complexity index is 1130. The van der Waals surface area contributed by atoms with Gasteiger partial charge in [0.1, 0.15) is 17.2 Å². The van der Waals surface area contributed by atoms with Crippen molar-refractivity contribution < 1.29 is 18.8 Å². The summed E-state index contributed by atoms with van der Waals surface area (Å²) in [5, 5.41) is 4.21. The van der Waals surface area contributed by atoms with Gasteiger partial charge in [0, 0.05) is 50.8 Å². The van der Waals surface area contributed by atoms with E-state index in [1.807, 2.05) is 36.4 Å². The van der Waals surface area contributed by atoms with E-state index in [0.29, 0.717) is 43.0 Å². The van der Waals surface area contributed by atoms with Gasteiger partial charge in [-0.3, -0.25) is 9.59 Å². The third-order valence-corrected chi connectivity index (χ3v) is 6.18. The van der Waals surface area contributed by atoms with Gasteiger partial charge in [0.15, 0.2) is 0 Å². The first-order valence-corrected chi connectivity index (χ1v) is 11.1. The van der Waals surface area contributed by atoms with E-state index in [0.717, 1.165) is 17.7 Å². The number of rotatable bonds is 6. The normalized spacial score (nSPS) is 18.1. The van der Waals surface area contributed by atoms with Crippen LogP contribution < -0.4 is 4.74 Å². The van der Waals surface area contributed by atoms with E-state index in [-0.39, 0.29) is 11.8 Å². The van der Waals surface area contributed by atoms with Gasteiger partial charge in [0.25, 0.3) is 5.91 Å². The van der Waals surface area contributed by atoms with Crippen LogP contribution in [0.2, 0.25) is 0 Å². The van der Waals surface area contributed by atoms with Crippen LogP contribution in [0.15, 0.2) is 65.2 Å². The summed E-state index contributed by atoms with van der Waals surface area (Å²) in [7, 11) is 5.08. The van der Waals surface area contributed by atoms with Gasteiger partial charge < -0.3 is 19.1 Å². The molecule has 0 bridgehead atoms. The second-order valence-electron chi connectivity index (χ2n) is 8.76. The third kappa shape index (κ3) is 4.77. The summed E-state index contributed by atoms with van der Waals surface area (Å²) in [6, 6.07) is 18.8. The van der Waals surface area contributed by atoms with E-state index in [4.69, 9.17) is 9.26 Å². The van der Waals surface area contributed by atoms with Crippen molar-refractivity contribution in [1.82, 2.24) is 15.0 Å². The molecular formula is C26H29N3O4. The SMILES string of the molecule is COc1cccc(C(=O)N2CCC[C@](Cc3cc(-c4ccccc4)no3)(C(=O)N(C)C)C2)c1. The highest BCUT2D eigenvalue weighted by molar-refractivity contribution is 5.95. The average Bonchev–Trinajstić information content (AvgIpc) is 3.32. The zero-order valence-electron chi connectivity index (χ0n) is 19.3. The lowest BCUT2D eigenvalue weighted by molar-refractivity contribution is -0.142. The van der Waals surface area contributed by atoms with Crippen LogP contribution in [-0.4, -0.2) is 61.1 Å². The number of aromatic nitrogens is 1. The average molecular weight is 448 g/mol. The van der Waals surface area contributed by atoms with Gasteiger partial charge in [-0.05, 0) is 31.0 Å². The number of ether oxygens (including phenoxy) is 1. The number of likely N-dealkylation sites (tertiary alicyclic amines) is 1. The van der Waals surface area contributed by atoms with Gasteiger partial charge in [-0.25, -0.2) is 0 Å². The summed E-state index contributed by atoms with van der Waals surface area (Å²) in [6.45, 7) is 0.922. The maximum atomic E-state index is 13.4. The molecular weight excluding hydrogens is 418 g/mol. The van der Waals surface area contributed by atoms with Crippen LogP contribution >= 0.6 is 0 Å². The predicted octanol–water partition coefficient (Wildman–Crippen LogP) is 3.90. The van der Waals surface area contributed by atoms with Crippen molar-refractivity contribution in [3.05, 3.63) is 72.0 Å². The Balaban J connectivity index is 1.61. The minimum atomic E-state index is -0.774. The highest BCUT2D eigenvalue weighted by Gasteiger charge is 2.45. The van der Waals surface area contributed by atoms with Crippen molar-refractivity contribution in [2.45, 2.75) is 19.3 Å². The van der Waals surface area contributed by atoms with Gasteiger partial charge in [-0.1, -0.05) is 41.6 Å². The van der Waals surface area contributed by atoms with Crippen molar-refractivity contribution in [1.29, 1.82) is 0 Å². The van der Waals surface area contributed by atoms with Crippen LogP contribution in [0.4, 0.5) is 0 Å². The fourth-order valence-electron chi connectivity index (χ4n) is 4.59. The largest absolute Gasteiger partial charge is 0.497 e. The van der Waals surface area contributed by atoms with E-state index < -0.39 is 5.41 Å². The van der Waals surface area contributed by atoms with Crippen molar-refractivity contribution >= 4 is 11.8 Å². The van der Waals surface area contributed by atoms with Crippen LogP contribution in [0, 0.1) is 5.41 Å². The minimum absolute atomic E-state index is 0.0108. The van der Waals surface area contributed by atoms with E-state index in [2.05, 4.69) is 5.16 Å². The number of amides is 2. The predicted molar refractivity (Wildman–Crippen MR) is 125 cm³/mol. The van der Waals surface area contributed by atoms with Crippen LogP contribution in [0.1, 0.15) is 29.0 Å². The van der Waals surface area contributed by atoms with Gasteiger partial charge in [0.2, 0.25) is 5.91 Å². The molecule has 0 aliphatic carbocycles. The Labute approximate surface area is 193 Å². The van der Waals surface area contributed by atoms with E-state index >= 15 is 0 Å². The second kappa shape index (κ2) is 9.48. The molecule has 172 valence electrons. The lowest BCUT2D eigenvalue weighted by atomic mass is 9.75. The first-order valence-electron chi connectivity index (χ1n) is 11.1. The molecule has 0 unspecified atom stereocenters. The first-order chi connectivity index (χ1) is 15.9. The number of hydrogen-bond acceptors (Lipinski definition) is 5. The molecule has 1 atom stereocenters. The molecule has 2 heterocycles. The molecule has 4 rings (SSSR count). The van der Waals surface area contributed by atoms with E-state index in [1.54, 1.807) is 55.3 Å². The Morgan fingerprint density at radius 3 is 2.64 bits per heavy atom. The number of carbonyl (C=O) groups is 2. The molecule has 7 nitrogen and oxygen atoms in total. The molecule has 0 spiro atoms. The zero-order valence-corrected chi connectivity index (χ0v) is 19.3. The minimum Gasteiger partial charge on any atom is -0.497 e. The van der Waals surface area contributed by atoms with Crippen LogP contribution in [-0.2, 0) is 11.2 Å². The highest BCUT2D eigenvalue weighted by Crippen LogP contribution is 2.37. The van der Waals surface area contributed by atoms with Crippen molar-refractivity contribution in [3.8, 4) is 17.0 Å². The van der Waals surface area contributed by atoms with E-state index in [9.17, 15) is 9.59 Å². The molecule has 7 heteroatoms. The smallest absolute Gasteiger partial charge is 0.254 e. The van der Waals surface area contributed by atoms with Crippen molar-refractivity contribution in [2.75, 3.05) is 34.3 Å². The molecule has 2 amide bonds. The monoisotopic (exact) mass is 447 g/mol. The summed E-state index contributed by atoms with van der Waals surface area (Å²) in [5.74, 6) is 1.15. The van der Waals surface area contributed by atoms with Gasteiger partial charge in [-0.2, -0.15) is 0 Å². The molecule has 1 fully saturated rings.